The molecule has 0 aliphatic carbocycles. The molecular formula is C30H63N2O7P. The minimum absolute atomic E-state index is 0.0617. The first-order chi connectivity index (χ1) is 19.3. The second-order valence-electron chi connectivity index (χ2n) is 11.2. The third-order valence-electron chi connectivity index (χ3n) is 7.27. The van der Waals surface area contributed by atoms with Gasteiger partial charge in [0, 0.05) is 6.54 Å². The molecular weight excluding hydrogens is 531 g/mol. The Balaban J connectivity index is 4.49. The van der Waals surface area contributed by atoms with E-state index in [1.54, 1.807) is 0 Å². The van der Waals surface area contributed by atoms with Crippen molar-refractivity contribution in [3.63, 3.8) is 0 Å². The summed E-state index contributed by atoms with van der Waals surface area (Å²) in [7, 11) is -4.35. The maximum atomic E-state index is 12.6. The summed E-state index contributed by atoms with van der Waals surface area (Å²) < 4.78 is 21.9. The average molecular weight is 595 g/mol. The molecule has 10 heteroatoms. The summed E-state index contributed by atoms with van der Waals surface area (Å²) in [6.07, 6.45) is 20.2. The Hall–Kier alpha value is -0.540. The van der Waals surface area contributed by atoms with Crippen molar-refractivity contribution in [2.45, 2.75) is 167 Å². The van der Waals surface area contributed by atoms with Gasteiger partial charge in [-0.3, -0.25) is 13.8 Å². The second kappa shape index (κ2) is 27.3. The van der Waals surface area contributed by atoms with Gasteiger partial charge in [0.1, 0.15) is 0 Å². The SMILES string of the molecule is CCCCCCCCCCCCC(O)C(COP(=O)(O)OCCN)NC(=O)CC(O)CCCCCCCCCC. The normalized spacial score (nSPS) is 15.4. The van der Waals surface area contributed by atoms with Crippen molar-refractivity contribution in [2.75, 3.05) is 19.8 Å². The number of hydrogen-bond acceptors (Lipinski definition) is 7. The fraction of sp³-hybridized carbons (Fsp3) is 0.967. The highest BCUT2D eigenvalue weighted by atomic mass is 31.2. The molecule has 0 saturated heterocycles. The lowest BCUT2D eigenvalue weighted by Gasteiger charge is -2.25. The van der Waals surface area contributed by atoms with E-state index in [1.165, 1.54) is 77.0 Å². The lowest BCUT2D eigenvalue weighted by Crippen LogP contribution is -2.47. The van der Waals surface area contributed by atoms with Crippen LogP contribution in [0, 0.1) is 0 Å². The molecule has 6 N–H and O–H groups in total. The standard InChI is InChI=1S/C30H63N2O7P/c1-3-5-7-9-11-13-14-16-18-20-22-29(34)28(26-39-40(36,37)38-24-23-31)32-30(35)25-27(33)21-19-17-15-12-10-8-6-4-2/h27-29,33-34H,3-26,31H2,1-2H3,(H,32,35)(H,36,37). The van der Waals surface area contributed by atoms with Crippen LogP contribution in [0.25, 0.3) is 0 Å². The first kappa shape index (κ1) is 39.5. The number of hydrogen-bond donors (Lipinski definition) is 5. The number of aliphatic hydroxyl groups is 2. The van der Waals surface area contributed by atoms with Crippen molar-refractivity contribution in [3.05, 3.63) is 0 Å². The summed E-state index contributed by atoms with van der Waals surface area (Å²) in [6, 6.07) is -0.886. The van der Waals surface area contributed by atoms with Crippen molar-refractivity contribution in [2.24, 2.45) is 5.73 Å². The fourth-order valence-corrected chi connectivity index (χ4v) is 5.53. The third kappa shape index (κ3) is 25.2. The molecule has 40 heavy (non-hydrogen) atoms. The van der Waals surface area contributed by atoms with E-state index < -0.39 is 32.0 Å². The Bertz CT molecular complexity index is 627. The summed E-state index contributed by atoms with van der Waals surface area (Å²) in [5.41, 5.74) is 5.32. The van der Waals surface area contributed by atoms with Crippen LogP contribution in [0.2, 0.25) is 0 Å². The minimum atomic E-state index is -4.35. The Morgan fingerprint density at radius 2 is 1.20 bits per heavy atom. The smallest absolute Gasteiger partial charge is 0.393 e. The van der Waals surface area contributed by atoms with Crippen LogP contribution < -0.4 is 11.1 Å². The monoisotopic (exact) mass is 594 g/mol. The number of carbonyl (C=O) groups excluding carboxylic acids is 1. The first-order valence-corrected chi connectivity index (χ1v) is 17.7. The zero-order valence-electron chi connectivity index (χ0n) is 25.7. The summed E-state index contributed by atoms with van der Waals surface area (Å²) in [5.74, 6) is -0.418. The summed E-state index contributed by atoms with van der Waals surface area (Å²) in [5, 5.41) is 23.8. The maximum absolute atomic E-state index is 12.6. The zero-order chi connectivity index (χ0) is 29.9. The first-order valence-electron chi connectivity index (χ1n) is 16.2. The number of nitrogens with two attached hydrogens (primary N) is 1. The van der Waals surface area contributed by atoms with Gasteiger partial charge in [-0.2, -0.15) is 0 Å². The van der Waals surface area contributed by atoms with Crippen LogP contribution in [0.15, 0.2) is 0 Å². The Labute approximate surface area is 245 Å². The Morgan fingerprint density at radius 1 is 0.750 bits per heavy atom. The molecule has 0 aromatic carbocycles. The van der Waals surface area contributed by atoms with Gasteiger partial charge in [0.15, 0.2) is 0 Å². The van der Waals surface area contributed by atoms with Crippen LogP contribution in [0.4, 0.5) is 0 Å². The number of unbranched alkanes of at least 4 members (excludes halogenated alkanes) is 16. The molecule has 4 unspecified atom stereocenters. The van der Waals surface area contributed by atoms with E-state index >= 15 is 0 Å². The molecule has 0 aromatic heterocycles. The van der Waals surface area contributed by atoms with E-state index in [1.807, 2.05) is 0 Å². The zero-order valence-corrected chi connectivity index (χ0v) is 26.6. The molecule has 0 aliphatic rings. The number of phosphoric ester groups is 1. The van der Waals surface area contributed by atoms with E-state index in [0.29, 0.717) is 12.8 Å². The third-order valence-corrected chi connectivity index (χ3v) is 8.25. The molecule has 9 nitrogen and oxygen atoms in total. The van der Waals surface area contributed by atoms with Gasteiger partial charge in [-0.05, 0) is 12.8 Å². The average Bonchev–Trinajstić information content (AvgIpc) is 2.92. The van der Waals surface area contributed by atoms with Crippen molar-refractivity contribution in [1.82, 2.24) is 5.32 Å². The van der Waals surface area contributed by atoms with Gasteiger partial charge in [-0.25, -0.2) is 4.57 Å². The molecule has 0 saturated carbocycles. The van der Waals surface area contributed by atoms with Crippen molar-refractivity contribution < 1.29 is 33.5 Å². The Morgan fingerprint density at radius 3 is 1.68 bits per heavy atom. The van der Waals surface area contributed by atoms with Crippen LogP contribution >= 0.6 is 7.82 Å². The highest BCUT2D eigenvalue weighted by molar-refractivity contribution is 7.47. The highest BCUT2D eigenvalue weighted by Gasteiger charge is 2.28. The molecule has 240 valence electrons. The van der Waals surface area contributed by atoms with Gasteiger partial charge < -0.3 is 26.2 Å². The lowest BCUT2D eigenvalue weighted by atomic mass is 10.0. The van der Waals surface area contributed by atoms with Gasteiger partial charge in [0.25, 0.3) is 0 Å². The van der Waals surface area contributed by atoms with Crippen LogP contribution in [-0.4, -0.2) is 59.0 Å². The quantitative estimate of drug-likeness (QED) is 0.0466. The summed E-state index contributed by atoms with van der Waals surface area (Å²) >= 11 is 0. The number of amides is 1. The van der Waals surface area contributed by atoms with Crippen LogP contribution in [0.3, 0.4) is 0 Å². The molecule has 4 atom stereocenters. The molecule has 0 heterocycles. The van der Waals surface area contributed by atoms with Crippen LogP contribution in [0.1, 0.15) is 149 Å². The largest absolute Gasteiger partial charge is 0.472 e. The number of phosphoric acid groups is 1. The second-order valence-corrected chi connectivity index (χ2v) is 12.7. The van der Waals surface area contributed by atoms with Gasteiger partial charge >= 0.3 is 7.82 Å². The molecule has 1 amide bonds. The Kier molecular flexibility index (Phi) is 26.9. The summed E-state index contributed by atoms with van der Waals surface area (Å²) in [4.78, 5) is 22.5. The van der Waals surface area contributed by atoms with Gasteiger partial charge in [0.2, 0.25) is 5.91 Å². The highest BCUT2D eigenvalue weighted by Crippen LogP contribution is 2.43. The molecule has 0 aliphatic heterocycles. The van der Waals surface area contributed by atoms with Crippen molar-refractivity contribution in [3.8, 4) is 0 Å². The minimum Gasteiger partial charge on any atom is -0.393 e. The van der Waals surface area contributed by atoms with Gasteiger partial charge in [-0.15, -0.1) is 0 Å². The van der Waals surface area contributed by atoms with E-state index in [4.69, 9.17) is 14.8 Å². The molecule has 0 aromatic rings. The van der Waals surface area contributed by atoms with Gasteiger partial charge in [0.05, 0.1) is 37.9 Å². The number of carbonyl (C=O) groups is 1. The molecule has 0 fully saturated rings. The van der Waals surface area contributed by atoms with Crippen LogP contribution in [-0.2, 0) is 18.4 Å². The fourth-order valence-electron chi connectivity index (χ4n) is 4.77. The van der Waals surface area contributed by atoms with Gasteiger partial charge in [-0.1, -0.05) is 129 Å². The topological polar surface area (TPSA) is 151 Å². The predicted octanol–water partition coefficient (Wildman–Crippen LogP) is 6.52. The molecule has 0 bridgehead atoms. The molecule has 0 spiro atoms. The maximum Gasteiger partial charge on any atom is 0.472 e. The van der Waals surface area contributed by atoms with Crippen LogP contribution in [0.5, 0.6) is 0 Å². The predicted molar refractivity (Wildman–Crippen MR) is 163 cm³/mol. The van der Waals surface area contributed by atoms with E-state index in [0.717, 1.165) is 38.5 Å². The lowest BCUT2D eigenvalue weighted by molar-refractivity contribution is -0.125. The summed E-state index contributed by atoms with van der Waals surface area (Å²) in [6.45, 7) is 3.96. The number of nitrogens with one attached hydrogen (secondary N) is 1. The number of rotatable bonds is 30. The number of aliphatic hydroxyl groups excluding tert-OH is 2. The molecule has 0 rings (SSSR count). The van der Waals surface area contributed by atoms with E-state index in [-0.39, 0.29) is 26.2 Å². The van der Waals surface area contributed by atoms with Crippen molar-refractivity contribution >= 4 is 13.7 Å². The van der Waals surface area contributed by atoms with Crippen molar-refractivity contribution in [1.29, 1.82) is 0 Å². The molecule has 0 radical (unpaired) electrons. The van der Waals surface area contributed by atoms with E-state index in [2.05, 4.69) is 19.2 Å². The van der Waals surface area contributed by atoms with E-state index in [9.17, 15) is 24.5 Å².